The van der Waals surface area contributed by atoms with E-state index in [4.69, 9.17) is 0 Å². The Labute approximate surface area is 118 Å². The quantitative estimate of drug-likeness (QED) is 0.564. The zero-order valence-electron chi connectivity index (χ0n) is 11.6. The molecule has 0 spiro atoms. The number of hydrogen-bond acceptors (Lipinski definition) is 1. The summed E-state index contributed by atoms with van der Waals surface area (Å²) in [6.07, 6.45) is 0. The minimum Gasteiger partial charge on any atom is -0.355 e. The van der Waals surface area contributed by atoms with Gasteiger partial charge in [-0.05, 0) is 36.4 Å². The van der Waals surface area contributed by atoms with E-state index in [1.165, 1.54) is 0 Å². The van der Waals surface area contributed by atoms with E-state index in [2.05, 4.69) is 15.6 Å². The second kappa shape index (κ2) is 6.52. The molecular formula is C16H18N3O+. The zero-order chi connectivity index (χ0) is 14.4. The van der Waals surface area contributed by atoms with Gasteiger partial charge in [-0.25, -0.2) is 5.32 Å². The van der Waals surface area contributed by atoms with Crippen LogP contribution in [0.2, 0.25) is 0 Å². The third kappa shape index (κ3) is 3.23. The van der Waals surface area contributed by atoms with Gasteiger partial charge in [0.25, 0.3) is 11.7 Å². The lowest BCUT2D eigenvalue weighted by Crippen LogP contribution is -2.70. The SMILES string of the molecule is CNC(=O)c1ccc(NC(=[NH+]C)c2ccccc2)cc1. The van der Waals surface area contributed by atoms with Crippen LogP contribution >= 0.6 is 0 Å². The lowest BCUT2D eigenvalue weighted by Gasteiger charge is -2.04. The summed E-state index contributed by atoms with van der Waals surface area (Å²) in [5.74, 6) is 0.829. The van der Waals surface area contributed by atoms with Gasteiger partial charge in [-0.15, -0.1) is 0 Å². The van der Waals surface area contributed by atoms with Crippen molar-refractivity contribution in [2.24, 2.45) is 0 Å². The van der Waals surface area contributed by atoms with Crippen LogP contribution in [0.4, 0.5) is 5.69 Å². The minimum atomic E-state index is -0.0857. The molecule has 2 rings (SSSR count). The first-order valence-corrected chi connectivity index (χ1v) is 6.44. The van der Waals surface area contributed by atoms with Crippen LogP contribution in [-0.2, 0) is 0 Å². The molecule has 0 heterocycles. The molecule has 102 valence electrons. The first-order valence-electron chi connectivity index (χ1n) is 6.44. The van der Waals surface area contributed by atoms with E-state index in [-0.39, 0.29) is 5.91 Å². The lowest BCUT2D eigenvalue weighted by molar-refractivity contribution is -0.419. The molecule has 0 aliphatic carbocycles. The van der Waals surface area contributed by atoms with E-state index in [9.17, 15) is 4.79 Å². The molecule has 4 nitrogen and oxygen atoms in total. The van der Waals surface area contributed by atoms with Crippen molar-refractivity contribution >= 4 is 17.4 Å². The maximum atomic E-state index is 11.5. The third-order valence-electron chi connectivity index (χ3n) is 2.96. The van der Waals surface area contributed by atoms with E-state index in [0.717, 1.165) is 17.1 Å². The lowest BCUT2D eigenvalue weighted by atomic mass is 10.1. The van der Waals surface area contributed by atoms with Gasteiger partial charge in [0, 0.05) is 12.6 Å². The molecule has 0 aliphatic rings. The minimum absolute atomic E-state index is 0.0857. The highest BCUT2D eigenvalue weighted by Crippen LogP contribution is 2.10. The van der Waals surface area contributed by atoms with Gasteiger partial charge in [-0.1, -0.05) is 18.2 Å². The summed E-state index contributed by atoms with van der Waals surface area (Å²) in [7, 11) is 3.49. The molecule has 0 fully saturated rings. The van der Waals surface area contributed by atoms with Crippen LogP contribution in [0.25, 0.3) is 0 Å². The molecule has 20 heavy (non-hydrogen) atoms. The van der Waals surface area contributed by atoms with Crippen molar-refractivity contribution in [3.05, 3.63) is 65.7 Å². The van der Waals surface area contributed by atoms with Crippen molar-refractivity contribution in [3.8, 4) is 0 Å². The Bertz CT molecular complexity index is 603. The monoisotopic (exact) mass is 268 g/mol. The number of amides is 1. The average Bonchev–Trinajstić information content (AvgIpc) is 2.53. The van der Waals surface area contributed by atoms with E-state index >= 15 is 0 Å². The van der Waals surface area contributed by atoms with Gasteiger partial charge in [0.05, 0.1) is 12.6 Å². The van der Waals surface area contributed by atoms with E-state index < -0.39 is 0 Å². The number of nitrogens with one attached hydrogen (secondary N) is 3. The summed E-state index contributed by atoms with van der Waals surface area (Å²) in [6.45, 7) is 0. The zero-order valence-corrected chi connectivity index (χ0v) is 11.6. The van der Waals surface area contributed by atoms with Crippen LogP contribution in [0.1, 0.15) is 15.9 Å². The number of hydrogen-bond donors (Lipinski definition) is 3. The molecule has 4 heteroatoms. The Morgan fingerprint density at radius 1 is 0.950 bits per heavy atom. The topological polar surface area (TPSA) is 55.1 Å². The fourth-order valence-corrected chi connectivity index (χ4v) is 1.88. The van der Waals surface area contributed by atoms with Crippen LogP contribution in [-0.4, -0.2) is 25.8 Å². The number of rotatable bonds is 3. The number of anilines is 1. The van der Waals surface area contributed by atoms with Crippen molar-refractivity contribution in [2.75, 3.05) is 19.4 Å². The summed E-state index contributed by atoms with van der Waals surface area (Å²) < 4.78 is 0. The predicted octanol–water partition coefficient (Wildman–Crippen LogP) is 0.615. The van der Waals surface area contributed by atoms with Gasteiger partial charge in [0.2, 0.25) is 0 Å². The third-order valence-corrected chi connectivity index (χ3v) is 2.96. The molecule has 3 N–H and O–H groups in total. The molecule has 0 bridgehead atoms. The Morgan fingerprint density at radius 2 is 1.60 bits per heavy atom. The number of benzene rings is 2. The fraction of sp³-hybridized carbons (Fsp3) is 0.125. The van der Waals surface area contributed by atoms with Crippen molar-refractivity contribution < 1.29 is 9.79 Å². The summed E-state index contributed by atoms with van der Waals surface area (Å²) >= 11 is 0. The largest absolute Gasteiger partial charge is 0.355 e. The van der Waals surface area contributed by atoms with Gasteiger partial charge in [0.15, 0.2) is 0 Å². The molecule has 0 saturated heterocycles. The van der Waals surface area contributed by atoms with Gasteiger partial charge in [-0.3, -0.25) is 9.79 Å². The Kier molecular flexibility index (Phi) is 4.50. The van der Waals surface area contributed by atoms with E-state index in [0.29, 0.717) is 5.56 Å². The van der Waals surface area contributed by atoms with Crippen molar-refractivity contribution in [2.45, 2.75) is 0 Å². The standard InChI is InChI=1S/C16H17N3O/c1-17-15(12-6-4-3-5-7-12)19-14-10-8-13(9-11-14)16(20)18-2/h3-11H,1-2H3,(H,17,19)(H,18,20)/p+1. The highest BCUT2D eigenvalue weighted by atomic mass is 16.1. The van der Waals surface area contributed by atoms with Crippen molar-refractivity contribution in [3.63, 3.8) is 0 Å². The molecule has 0 saturated carbocycles. The van der Waals surface area contributed by atoms with Crippen LogP contribution in [0.3, 0.4) is 0 Å². The molecule has 2 aromatic rings. The van der Waals surface area contributed by atoms with Crippen LogP contribution in [0.15, 0.2) is 54.6 Å². The predicted molar refractivity (Wildman–Crippen MR) is 80.9 cm³/mol. The van der Waals surface area contributed by atoms with Crippen LogP contribution < -0.4 is 15.6 Å². The highest BCUT2D eigenvalue weighted by Gasteiger charge is 2.10. The maximum Gasteiger partial charge on any atom is 0.279 e. The first kappa shape index (κ1) is 13.8. The molecule has 0 aromatic heterocycles. The summed E-state index contributed by atoms with van der Waals surface area (Å²) in [4.78, 5) is 14.6. The highest BCUT2D eigenvalue weighted by molar-refractivity contribution is 6.04. The van der Waals surface area contributed by atoms with Crippen molar-refractivity contribution in [1.29, 1.82) is 0 Å². The summed E-state index contributed by atoms with van der Waals surface area (Å²) in [5.41, 5.74) is 2.64. The molecule has 0 unspecified atom stereocenters. The normalized spacial score (nSPS) is 11.0. The second-order valence-electron chi connectivity index (χ2n) is 4.27. The summed E-state index contributed by atoms with van der Waals surface area (Å²) in [6, 6.07) is 17.4. The molecule has 0 atom stereocenters. The van der Waals surface area contributed by atoms with Gasteiger partial charge >= 0.3 is 0 Å². The average molecular weight is 268 g/mol. The molecule has 1 amide bonds. The Balaban J connectivity index is 2.15. The Morgan fingerprint density at radius 3 is 2.15 bits per heavy atom. The van der Waals surface area contributed by atoms with E-state index in [1.54, 1.807) is 19.2 Å². The summed E-state index contributed by atoms with van der Waals surface area (Å²) in [5, 5.41) is 5.90. The fourth-order valence-electron chi connectivity index (χ4n) is 1.88. The maximum absolute atomic E-state index is 11.5. The van der Waals surface area contributed by atoms with E-state index in [1.807, 2.05) is 49.5 Å². The van der Waals surface area contributed by atoms with Gasteiger partial charge in [-0.2, -0.15) is 0 Å². The van der Waals surface area contributed by atoms with Crippen LogP contribution in [0, 0.1) is 0 Å². The first-order chi connectivity index (χ1) is 9.74. The van der Waals surface area contributed by atoms with Gasteiger partial charge < -0.3 is 5.32 Å². The second-order valence-corrected chi connectivity index (χ2v) is 4.27. The number of carbonyl (C=O) groups is 1. The number of amidine groups is 1. The smallest absolute Gasteiger partial charge is 0.279 e. The van der Waals surface area contributed by atoms with Crippen molar-refractivity contribution in [1.82, 2.24) is 5.32 Å². The molecular weight excluding hydrogens is 250 g/mol. The van der Waals surface area contributed by atoms with Crippen LogP contribution in [0.5, 0.6) is 0 Å². The molecule has 0 radical (unpaired) electrons. The molecule has 2 aromatic carbocycles. The Hall–Kier alpha value is -2.62. The van der Waals surface area contributed by atoms with Gasteiger partial charge in [0.1, 0.15) is 5.69 Å². The number of carbonyl (C=O) groups excluding carboxylic acids is 1. The molecule has 0 aliphatic heterocycles.